The maximum Gasteiger partial charge on any atom is 0.308 e. The van der Waals surface area contributed by atoms with E-state index in [2.05, 4.69) is 4.74 Å². The lowest BCUT2D eigenvalue weighted by Gasteiger charge is -2.10. The number of benzene rings is 1. The molecule has 18 heavy (non-hydrogen) atoms. The number of carbonyl (C=O) groups excluding carboxylic acids is 1. The van der Waals surface area contributed by atoms with E-state index in [1.54, 1.807) is 6.07 Å². The van der Waals surface area contributed by atoms with Gasteiger partial charge in [0.25, 0.3) is 0 Å². The van der Waals surface area contributed by atoms with Crippen LogP contribution < -0.4 is 0 Å². The lowest BCUT2D eigenvalue weighted by molar-refractivity contribution is -0.143. The van der Waals surface area contributed by atoms with Crippen molar-refractivity contribution in [3.8, 4) is 0 Å². The average molecular weight is 254 g/mol. The Kier molecular flexibility index (Phi) is 4.28. The summed E-state index contributed by atoms with van der Waals surface area (Å²) in [4.78, 5) is 11.1. The molecule has 0 aliphatic carbocycles. The van der Waals surface area contributed by atoms with Crippen LogP contribution in [0.25, 0.3) is 0 Å². The van der Waals surface area contributed by atoms with Crippen LogP contribution in [0.15, 0.2) is 24.3 Å². The van der Waals surface area contributed by atoms with Crippen LogP contribution in [0.4, 0.5) is 4.39 Å². The summed E-state index contributed by atoms with van der Waals surface area (Å²) in [5.74, 6) is -0.605. The van der Waals surface area contributed by atoms with E-state index < -0.39 is 6.29 Å². The highest BCUT2D eigenvalue weighted by atomic mass is 19.1. The molecule has 1 fully saturated rings. The molecule has 4 nitrogen and oxygen atoms in total. The van der Waals surface area contributed by atoms with Gasteiger partial charge in [0.05, 0.1) is 26.2 Å². The van der Waals surface area contributed by atoms with Crippen LogP contribution in [0.3, 0.4) is 0 Å². The van der Waals surface area contributed by atoms with Crippen molar-refractivity contribution < 1.29 is 23.4 Å². The average Bonchev–Trinajstić information content (AvgIpc) is 2.76. The molecule has 0 spiro atoms. The molecule has 2 unspecified atom stereocenters. The van der Waals surface area contributed by atoms with Gasteiger partial charge in [-0.2, -0.15) is 0 Å². The second kappa shape index (κ2) is 5.93. The normalized spacial score (nSPS) is 23.0. The van der Waals surface area contributed by atoms with Gasteiger partial charge in [-0.3, -0.25) is 4.79 Å². The first-order chi connectivity index (χ1) is 8.67. The fourth-order valence-corrected chi connectivity index (χ4v) is 1.85. The molecule has 0 aromatic heterocycles. The summed E-state index contributed by atoms with van der Waals surface area (Å²) in [5, 5.41) is 0. The first kappa shape index (κ1) is 13.0. The number of carbonyl (C=O) groups is 1. The van der Waals surface area contributed by atoms with Crippen LogP contribution in [0, 0.1) is 5.82 Å². The molecule has 2 rings (SSSR count). The van der Waals surface area contributed by atoms with Gasteiger partial charge in [0.1, 0.15) is 5.82 Å². The standard InChI is InChI=1S/C13H15FO4/c1-16-12(15)7-11-8-17-13(18-11)6-9-3-2-4-10(14)5-9/h2-5,11,13H,6-8H2,1H3. The third-order valence-corrected chi connectivity index (χ3v) is 2.73. The molecule has 1 aromatic rings. The van der Waals surface area contributed by atoms with Crippen molar-refractivity contribution in [3.63, 3.8) is 0 Å². The zero-order chi connectivity index (χ0) is 13.0. The van der Waals surface area contributed by atoms with Gasteiger partial charge in [0.15, 0.2) is 6.29 Å². The van der Waals surface area contributed by atoms with Crippen molar-refractivity contribution in [1.82, 2.24) is 0 Å². The number of methoxy groups -OCH3 is 1. The van der Waals surface area contributed by atoms with Gasteiger partial charge in [0, 0.05) is 6.42 Å². The molecule has 0 amide bonds. The molecule has 1 aliphatic rings. The minimum Gasteiger partial charge on any atom is -0.469 e. The predicted octanol–water partition coefficient (Wildman–Crippen LogP) is 1.67. The fourth-order valence-electron chi connectivity index (χ4n) is 1.85. The van der Waals surface area contributed by atoms with E-state index in [9.17, 15) is 9.18 Å². The topological polar surface area (TPSA) is 44.8 Å². The summed E-state index contributed by atoms with van der Waals surface area (Å²) in [6.45, 7) is 0.356. The molecule has 0 radical (unpaired) electrons. The molecular weight excluding hydrogens is 239 g/mol. The number of hydrogen-bond donors (Lipinski definition) is 0. The number of rotatable bonds is 4. The largest absolute Gasteiger partial charge is 0.469 e. The summed E-state index contributed by atoms with van der Waals surface area (Å²) in [7, 11) is 1.34. The zero-order valence-electron chi connectivity index (χ0n) is 10.1. The molecule has 1 aromatic carbocycles. The Balaban J connectivity index is 1.84. The molecule has 1 heterocycles. The van der Waals surface area contributed by atoms with Crippen molar-refractivity contribution in [2.75, 3.05) is 13.7 Å². The minimum absolute atomic E-state index is 0.177. The van der Waals surface area contributed by atoms with Crippen molar-refractivity contribution in [2.24, 2.45) is 0 Å². The highest BCUT2D eigenvalue weighted by molar-refractivity contribution is 5.69. The Hall–Kier alpha value is -1.46. The summed E-state index contributed by atoms with van der Waals surface area (Å²) < 4.78 is 28.5. The van der Waals surface area contributed by atoms with E-state index in [0.717, 1.165) is 5.56 Å². The minimum atomic E-state index is -0.429. The van der Waals surface area contributed by atoms with Crippen molar-refractivity contribution in [2.45, 2.75) is 25.2 Å². The highest BCUT2D eigenvalue weighted by Crippen LogP contribution is 2.19. The second-order valence-electron chi connectivity index (χ2n) is 4.14. The van der Waals surface area contributed by atoms with Gasteiger partial charge in [-0.1, -0.05) is 12.1 Å². The summed E-state index contributed by atoms with van der Waals surface area (Å²) in [6, 6.07) is 6.29. The molecule has 5 heteroatoms. The van der Waals surface area contributed by atoms with Crippen molar-refractivity contribution >= 4 is 5.97 Å². The van der Waals surface area contributed by atoms with E-state index in [1.165, 1.54) is 19.2 Å². The second-order valence-corrected chi connectivity index (χ2v) is 4.14. The highest BCUT2D eigenvalue weighted by Gasteiger charge is 2.28. The number of ether oxygens (including phenoxy) is 3. The number of esters is 1. The monoisotopic (exact) mass is 254 g/mol. The van der Waals surface area contributed by atoms with E-state index >= 15 is 0 Å². The molecule has 1 aliphatic heterocycles. The van der Waals surface area contributed by atoms with Crippen LogP contribution in [-0.4, -0.2) is 32.1 Å². The van der Waals surface area contributed by atoms with Crippen LogP contribution in [0.5, 0.6) is 0 Å². The summed E-state index contributed by atoms with van der Waals surface area (Å²) >= 11 is 0. The smallest absolute Gasteiger partial charge is 0.308 e. The van der Waals surface area contributed by atoms with Gasteiger partial charge in [-0.25, -0.2) is 4.39 Å². The Morgan fingerprint density at radius 3 is 3.11 bits per heavy atom. The molecule has 0 bridgehead atoms. The van der Waals surface area contributed by atoms with Crippen molar-refractivity contribution in [3.05, 3.63) is 35.6 Å². The molecule has 98 valence electrons. The first-order valence-electron chi connectivity index (χ1n) is 5.75. The summed E-state index contributed by atoms with van der Waals surface area (Å²) in [6.07, 6.45) is -0.0663. The predicted molar refractivity (Wildman–Crippen MR) is 61.4 cm³/mol. The van der Waals surface area contributed by atoms with Crippen LogP contribution in [0.2, 0.25) is 0 Å². The SMILES string of the molecule is COC(=O)CC1COC(Cc2cccc(F)c2)O1. The zero-order valence-corrected chi connectivity index (χ0v) is 10.1. The Morgan fingerprint density at radius 2 is 2.39 bits per heavy atom. The van der Waals surface area contributed by atoms with E-state index in [0.29, 0.717) is 13.0 Å². The quantitative estimate of drug-likeness (QED) is 0.767. The third-order valence-electron chi connectivity index (χ3n) is 2.73. The van der Waals surface area contributed by atoms with Gasteiger partial charge in [-0.05, 0) is 17.7 Å². The van der Waals surface area contributed by atoms with E-state index in [-0.39, 0.29) is 24.3 Å². The Labute approximate surface area is 105 Å². The van der Waals surface area contributed by atoms with Crippen molar-refractivity contribution in [1.29, 1.82) is 0 Å². The third kappa shape index (κ3) is 3.51. The van der Waals surface area contributed by atoms with E-state index in [1.807, 2.05) is 6.07 Å². The molecule has 0 saturated carbocycles. The van der Waals surface area contributed by atoms with Crippen LogP contribution in [-0.2, 0) is 25.4 Å². The van der Waals surface area contributed by atoms with Gasteiger partial charge in [0.2, 0.25) is 0 Å². The Morgan fingerprint density at radius 1 is 1.56 bits per heavy atom. The molecule has 1 saturated heterocycles. The van der Waals surface area contributed by atoms with Gasteiger partial charge in [-0.15, -0.1) is 0 Å². The first-order valence-corrected chi connectivity index (χ1v) is 5.75. The van der Waals surface area contributed by atoms with Gasteiger partial charge >= 0.3 is 5.97 Å². The number of hydrogen-bond acceptors (Lipinski definition) is 4. The maximum atomic E-state index is 13.0. The maximum absolute atomic E-state index is 13.0. The lowest BCUT2D eigenvalue weighted by Crippen LogP contribution is -2.18. The molecular formula is C13H15FO4. The lowest BCUT2D eigenvalue weighted by atomic mass is 10.1. The molecule has 0 N–H and O–H groups in total. The van der Waals surface area contributed by atoms with Crippen LogP contribution in [0.1, 0.15) is 12.0 Å². The van der Waals surface area contributed by atoms with E-state index in [4.69, 9.17) is 9.47 Å². The molecule has 2 atom stereocenters. The number of halogens is 1. The fraction of sp³-hybridized carbons (Fsp3) is 0.462. The van der Waals surface area contributed by atoms with Gasteiger partial charge < -0.3 is 14.2 Å². The van der Waals surface area contributed by atoms with Crippen LogP contribution >= 0.6 is 0 Å². The Bertz CT molecular complexity index is 421. The summed E-state index contributed by atoms with van der Waals surface area (Å²) in [5.41, 5.74) is 0.804.